The SMILES string of the molecule is COc1ccc(Cc2c3[n+](cc4c5c(ccc24)OCO5)CCc2cc4c(cc2-3)OCO4)cc1.[Cl-]. The minimum absolute atomic E-state index is 0. The van der Waals surface area contributed by atoms with Gasteiger partial charge in [0, 0.05) is 23.8 Å². The van der Waals surface area contributed by atoms with Crippen LogP contribution in [0.25, 0.3) is 22.0 Å². The summed E-state index contributed by atoms with van der Waals surface area (Å²) in [5.74, 6) is 4.13. The molecule has 0 radical (unpaired) electrons. The molecule has 3 aliphatic heterocycles. The van der Waals surface area contributed by atoms with Gasteiger partial charge in [0.1, 0.15) is 5.75 Å². The van der Waals surface area contributed by atoms with E-state index in [1.807, 2.05) is 18.2 Å². The van der Waals surface area contributed by atoms with E-state index < -0.39 is 0 Å². The third-order valence-electron chi connectivity index (χ3n) is 6.78. The number of aryl methyl sites for hydroxylation is 2. The second-order valence-electron chi connectivity index (χ2n) is 8.55. The summed E-state index contributed by atoms with van der Waals surface area (Å²) < 4.78 is 30.6. The largest absolute Gasteiger partial charge is 1.00 e. The number of halogens is 1. The van der Waals surface area contributed by atoms with Crippen LogP contribution in [0.2, 0.25) is 0 Å². The van der Waals surface area contributed by atoms with Crippen LogP contribution in [0.15, 0.2) is 54.7 Å². The monoisotopic (exact) mass is 475 g/mol. The molecule has 0 spiro atoms. The maximum Gasteiger partial charge on any atom is 0.231 e. The van der Waals surface area contributed by atoms with Gasteiger partial charge < -0.3 is 36.1 Å². The smallest absolute Gasteiger partial charge is 0.231 e. The van der Waals surface area contributed by atoms with E-state index in [-0.39, 0.29) is 26.0 Å². The zero-order valence-corrected chi connectivity index (χ0v) is 19.4. The van der Waals surface area contributed by atoms with Crippen LogP contribution in [0.5, 0.6) is 28.7 Å². The molecule has 0 saturated carbocycles. The number of rotatable bonds is 3. The van der Waals surface area contributed by atoms with E-state index in [0.29, 0.717) is 0 Å². The molecule has 0 bridgehead atoms. The van der Waals surface area contributed by atoms with Crippen molar-refractivity contribution in [3.63, 3.8) is 0 Å². The van der Waals surface area contributed by atoms with E-state index >= 15 is 0 Å². The van der Waals surface area contributed by atoms with Gasteiger partial charge in [0.05, 0.1) is 18.1 Å². The molecule has 3 aliphatic rings. The van der Waals surface area contributed by atoms with Crippen molar-refractivity contribution < 1.29 is 40.7 Å². The number of pyridine rings is 1. The molecule has 0 aliphatic carbocycles. The fourth-order valence-corrected chi connectivity index (χ4v) is 5.18. The lowest BCUT2D eigenvalue weighted by atomic mass is 9.88. The minimum atomic E-state index is 0. The van der Waals surface area contributed by atoms with Crippen LogP contribution in [0.1, 0.15) is 16.7 Å². The number of aromatic nitrogens is 1. The van der Waals surface area contributed by atoms with Gasteiger partial charge in [0.2, 0.25) is 19.3 Å². The van der Waals surface area contributed by atoms with Gasteiger partial charge in [-0.2, -0.15) is 4.57 Å². The first-order valence-corrected chi connectivity index (χ1v) is 11.1. The van der Waals surface area contributed by atoms with Crippen molar-refractivity contribution in [2.24, 2.45) is 0 Å². The van der Waals surface area contributed by atoms with Crippen molar-refractivity contribution in [2.45, 2.75) is 19.4 Å². The van der Waals surface area contributed by atoms with Crippen molar-refractivity contribution in [2.75, 3.05) is 20.7 Å². The summed E-state index contributed by atoms with van der Waals surface area (Å²) in [6.45, 7) is 1.42. The van der Waals surface area contributed by atoms with Crippen LogP contribution in [-0.2, 0) is 19.4 Å². The summed E-state index contributed by atoms with van der Waals surface area (Å²) in [4.78, 5) is 0. The number of methoxy groups -OCH3 is 1. The second-order valence-corrected chi connectivity index (χ2v) is 8.55. The highest BCUT2D eigenvalue weighted by atomic mass is 35.5. The first kappa shape index (κ1) is 20.9. The summed E-state index contributed by atoms with van der Waals surface area (Å²) in [5.41, 5.74) is 6.19. The molecule has 6 nitrogen and oxygen atoms in total. The van der Waals surface area contributed by atoms with Gasteiger partial charge in [-0.1, -0.05) is 12.1 Å². The minimum Gasteiger partial charge on any atom is -1.00 e. The average Bonchev–Trinajstić information content (AvgIpc) is 3.52. The van der Waals surface area contributed by atoms with Crippen molar-refractivity contribution in [1.29, 1.82) is 0 Å². The van der Waals surface area contributed by atoms with Gasteiger partial charge in [-0.05, 0) is 47.5 Å². The third-order valence-corrected chi connectivity index (χ3v) is 6.78. The maximum atomic E-state index is 5.88. The number of hydrogen-bond acceptors (Lipinski definition) is 5. The lowest BCUT2D eigenvalue weighted by molar-refractivity contribution is -0.686. The van der Waals surface area contributed by atoms with Crippen LogP contribution >= 0.6 is 0 Å². The molecular formula is C27H22ClNO5. The van der Waals surface area contributed by atoms with E-state index in [2.05, 4.69) is 41.1 Å². The molecule has 0 unspecified atom stereocenters. The van der Waals surface area contributed by atoms with Crippen molar-refractivity contribution in [3.8, 4) is 40.0 Å². The topological polar surface area (TPSA) is 50.0 Å². The highest BCUT2D eigenvalue weighted by Crippen LogP contribution is 2.45. The molecule has 3 aromatic carbocycles. The van der Waals surface area contributed by atoms with Gasteiger partial charge in [0.25, 0.3) is 0 Å². The maximum absolute atomic E-state index is 5.88. The van der Waals surface area contributed by atoms with E-state index in [1.54, 1.807) is 7.11 Å². The quantitative estimate of drug-likeness (QED) is 0.419. The Balaban J connectivity index is 0.00000217. The lowest BCUT2D eigenvalue weighted by Crippen LogP contribution is -3.00. The van der Waals surface area contributed by atoms with E-state index in [4.69, 9.17) is 23.7 Å². The van der Waals surface area contributed by atoms with Crippen LogP contribution < -0.4 is 40.7 Å². The highest BCUT2D eigenvalue weighted by molar-refractivity contribution is 5.95. The summed E-state index contributed by atoms with van der Waals surface area (Å²) in [7, 11) is 1.69. The van der Waals surface area contributed by atoms with Crippen LogP contribution in [0, 0.1) is 0 Å². The molecule has 4 heterocycles. The Morgan fingerprint density at radius 1 is 0.853 bits per heavy atom. The Bertz CT molecular complexity index is 1430. The standard InChI is InChI=1S/C27H22NO5.ClH/c1-29-18-4-2-16(3-5-18)10-21-19-6-7-23-27(33-15-30-23)22(19)13-28-9-8-17-11-24-25(32-14-31-24)12-20(17)26(21)28;/h2-7,11-13H,8-10,14-15H2,1H3;1H/q+1;/p-1. The zero-order valence-electron chi connectivity index (χ0n) is 18.6. The van der Waals surface area contributed by atoms with E-state index in [9.17, 15) is 0 Å². The molecule has 4 aromatic rings. The molecule has 7 heteroatoms. The Morgan fingerprint density at radius 3 is 2.44 bits per heavy atom. The summed E-state index contributed by atoms with van der Waals surface area (Å²) in [5, 5.41) is 2.26. The highest BCUT2D eigenvalue weighted by Gasteiger charge is 2.33. The van der Waals surface area contributed by atoms with Crippen molar-refractivity contribution in [1.82, 2.24) is 0 Å². The third kappa shape index (κ3) is 3.13. The van der Waals surface area contributed by atoms with Crippen LogP contribution in [-0.4, -0.2) is 20.7 Å². The van der Waals surface area contributed by atoms with Gasteiger partial charge in [0.15, 0.2) is 35.7 Å². The first-order chi connectivity index (χ1) is 16.3. The van der Waals surface area contributed by atoms with Crippen LogP contribution in [0.3, 0.4) is 0 Å². The van der Waals surface area contributed by atoms with Gasteiger partial charge in [-0.25, -0.2) is 0 Å². The van der Waals surface area contributed by atoms with E-state index in [0.717, 1.165) is 53.5 Å². The number of benzene rings is 3. The Morgan fingerprint density at radius 2 is 1.62 bits per heavy atom. The van der Waals surface area contributed by atoms with Crippen molar-refractivity contribution >= 4 is 10.8 Å². The zero-order chi connectivity index (χ0) is 21.9. The Labute approximate surface area is 203 Å². The van der Waals surface area contributed by atoms with Gasteiger partial charge in [-0.15, -0.1) is 0 Å². The molecule has 172 valence electrons. The second kappa shape index (κ2) is 7.99. The lowest BCUT2D eigenvalue weighted by Gasteiger charge is -2.20. The number of nitrogens with zero attached hydrogens (tertiary/aromatic N) is 1. The average molecular weight is 476 g/mol. The summed E-state index contributed by atoms with van der Waals surface area (Å²) in [6, 6.07) is 16.7. The first-order valence-electron chi connectivity index (χ1n) is 11.1. The number of fused-ring (bicyclic) bond motifs is 7. The normalized spacial score (nSPS) is 14.4. The number of hydrogen-bond donors (Lipinski definition) is 0. The molecule has 0 atom stereocenters. The predicted molar refractivity (Wildman–Crippen MR) is 121 cm³/mol. The summed E-state index contributed by atoms with van der Waals surface area (Å²) in [6.07, 6.45) is 3.93. The Hall–Kier alpha value is -3.64. The molecule has 7 rings (SSSR count). The van der Waals surface area contributed by atoms with Crippen LogP contribution in [0.4, 0.5) is 0 Å². The van der Waals surface area contributed by atoms with E-state index in [1.165, 1.54) is 33.3 Å². The summed E-state index contributed by atoms with van der Waals surface area (Å²) >= 11 is 0. The Kier molecular flexibility index (Phi) is 4.92. The molecule has 34 heavy (non-hydrogen) atoms. The molecule has 0 fully saturated rings. The molecule has 0 N–H and O–H groups in total. The van der Waals surface area contributed by atoms with Gasteiger partial charge in [-0.3, -0.25) is 0 Å². The molecule has 0 saturated heterocycles. The fraction of sp³-hybridized carbons (Fsp3) is 0.222. The molecular weight excluding hydrogens is 454 g/mol. The van der Waals surface area contributed by atoms with Gasteiger partial charge >= 0.3 is 0 Å². The fourth-order valence-electron chi connectivity index (χ4n) is 5.18. The van der Waals surface area contributed by atoms with Crippen molar-refractivity contribution in [3.05, 3.63) is 71.4 Å². The molecule has 1 aromatic heterocycles. The number of ether oxygens (including phenoxy) is 5. The molecule has 0 amide bonds. The predicted octanol–water partition coefficient (Wildman–Crippen LogP) is 1.41.